The summed E-state index contributed by atoms with van der Waals surface area (Å²) in [5.41, 5.74) is 0. The van der Waals surface area contributed by atoms with E-state index in [0.717, 1.165) is 70.6 Å². The number of allylic oxidation sites excluding steroid dienone is 6. The van der Waals surface area contributed by atoms with Crippen molar-refractivity contribution >= 4 is 11.9 Å². The molecule has 1 amide bonds. The molecule has 0 bridgehead atoms. The topological polar surface area (TPSA) is 95.9 Å². The van der Waals surface area contributed by atoms with Crippen LogP contribution in [0.5, 0.6) is 0 Å². The summed E-state index contributed by atoms with van der Waals surface area (Å²) in [4.78, 5) is 26.2. The number of aliphatic hydroxyl groups is 2. The van der Waals surface area contributed by atoms with E-state index in [2.05, 4.69) is 62.5 Å². The summed E-state index contributed by atoms with van der Waals surface area (Å²) in [6.45, 7) is 6.45. The molecule has 64 heavy (non-hydrogen) atoms. The molecule has 0 saturated heterocycles. The molecule has 0 aromatic carbocycles. The van der Waals surface area contributed by atoms with E-state index in [9.17, 15) is 19.8 Å². The maximum atomic E-state index is 13.2. The zero-order chi connectivity index (χ0) is 46.7. The minimum atomic E-state index is -0.790. The SMILES string of the molecule is CCCC/C=C\CCCCCCCC(=O)OC(CCCCCCCCC/C=C\C/C=C\CCCCC)CC(=O)NC(CO)C(O)CCCCCCCCCCCCCCCCCCC. The van der Waals surface area contributed by atoms with Gasteiger partial charge >= 0.3 is 5.97 Å². The van der Waals surface area contributed by atoms with E-state index < -0.39 is 18.2 Å². The van der Waals surface area contributed by atoms with Gasteiger partial charge in [-0.05, 0) is 77.0 Å². The van der Waals surface area contributed by atoms with Crippen LogP contribution in [0.25, 0.3) is 0 Å². The molecule has 376 valence electrons. The van der Waals surface area contributed by atoms with Crippen molar-refractivity contribution in [2.45, 2.75) is 315 Å². The summed E-state index contributed by atoms with van der Waals surface area (Å²) < 4.78 is 5.94. The molecule has 0 spiro atoms. The van der Waals surface area contributed by atoms with Gasteiger partial charge in [0.2, 0.25) is 5.91 Å². The molecule has 0 fully saturated rings. The lowest BCUT2D eigenvalue weighted by Crippen LogP contribution is -2.46. The van der Waals surface area contributed by atoms with E-state index in [1.807, 2.05) is 0 Å². The zero-order valence-corrected chi connectivity index (χ0v) is 42.9. The Labute approximate surface area is 398 Å². The Morgan fingerprint density at radius 1 is 0.453 bits per heavy atom. The molecule has 0 saturated carbocycles. The van der Waals surface area contributed by atoms with Crippen molar-refractivity contribution in [3.63, 3.8) is 0 Å². The fourth-order valence-corrected chi connectivity index (χ4v) is 8.62. The maximum absolute atomic E-state index is 13.2. The number of esters is 1. The molecule has 3 unspecified atom stereocenters. The Kier molecular flexibility index (Phi) is 50.5. The summed E-state index contributed by atoms with van der Waals surface area (Å²) in [5, 5.41) is 23.9. The Morgan fingerprint density at radius 3 is 1.28 bits per heavy atom. The minimum Gasteiger partial charge on any atom is -0.462 e. The number of carbonyl (C=O) groups is 2. The van der Waals surface area contributed by atoms with Gasteiger partial charge in [0.25, 0.3) is 0 Å². The van der Waals surface area contributed by atoms with Gasteiger partial charge in [0.15, 0.2) is 0 Å². The summed E-state index contributed by atoms with van der Waals surface area (Å²) in [6, 6.07) is -0.704. The number of unbranched alkanes of at least 4 members (excludes halogenated alkanes) is 33. The third-order valence-electron chi connectivity index (χ3n) is 12.9. The van der Waals surface area contributed by atoms with Crippen molar-refractivity contribution in [3.05, 3.63) is 36.5 Å². The number of aliphatic hydroxyl groups excluding tert-OH is 2. The molecule has 0 aliphatic heterocycles. The molecule has 3 N–H and O–H groups in total. The fraction of sp³-hybridized carbons (Fsp3) is 0.862. The highest BCUT2D eigenvalue weighted by Crippen LogP contribution is 2.18. The van der Waals surface area contributed by atoms with Crippen LogP contribution in [0.4, 0.5) is 0 Å². The third-order valence-corrected chi connectivity index (χ3v) is 12.9. The molecule has 0 rings (SSSR count). The Hall–Kier alpha value is -1.92. The van der Waals surface area contributed by atoms with Gasteiger partial charge in [0, 0.05) is 6.42 Å². The predicted octanol–water partition coefficient (Wildman–Crippen LogP) is 17.2. The van der Waals surface area contributed by atoms with Crippen molar-refractivity contribution in [2.75, 3.05) is 6.61 Å². The average Bonchev–Trinajstić information content (AvgIpc) is 3.29. The minimum absolute atomic E-state index is 0.0715. The quantitative estimate of drug-likeness (QED) is 0.0321. The predicted molar refractivity (Wildman–Crippen MR) is 278 cm³/mol. The van der Waals surface area contributed by atoms with Gasteiger partial charge in [0.05, 0.1) is 25.2 Å². The first-order chi connectivity index (χ1) is 31.5. The van der Waals surface area contributed by atoms with Crippen LogP contribution >= 0.6 is 0 Å². The molecule has 3 atom stereocenters. The molecule has 0 aromatic heterocycles. The van der Waals surface area contributed by atoms with Crippen LogP contribution in [-0.2, 0) is 14.3 Å². The molecule has 0 radical (unpaired) electrons. The number of hydrogen-bond donors (Lipinski definition) is 3. The molecule has 6 nitrogen and oxygen atoms in total. The van der Waals surface area contributed by atoms with Crippen LogP contribution in [0.3, 0.4) is 0 Å². The zero-order valence-electron chi connectivity index (χ0n) is 42.9. The molecular formula is C58H109NO5. The maximum Gasteiger partial charge on any atom is 0.306 e. The van der Waals surface area contributed by atoms with Gasteiger partial charge < -0.3 is 20.3 Å². The largest absolute Gasteiger partial charge is 0.462 e. The highest BCUT2D eigenvalue weighted by atomic mass is 16.5. The van der Waals surface area contributed by atoms with Crippen molar-refractivity contribution in [3.8, 4) is 0 Å². The monoisotopic (exact) mass is 900 g/mol. The van der Waals surface area contributed by atoms with Gasteiger partial charge in [-0.25, -0.2) is 0 Å². The Morgan fingerprint density at radius 2 is 0.812 bits per heavy atom. The van der Waals surface area contributed by atoms with Crippen molar-refractivity contribution in [2.24, 2.45) is 0 Å². The second-order valence-corrected chi connectivity index (χ2v) is 19.3. The molecule has 0 aliphatic rings. The normalized spacial score (nSPS) is 13.4. The van der Waals surface area contributed by atoms with Gasteiger partial charge in [-0.1, -0.05) is 243 Å². The van der Waals surface area contributed by atoms with E-state index >= 15 is 0 Å². The van der Waals surface area contributed by atoms with E-state index in [1.165, 1.54) is 180 Å². The number of amides is 1. The van der Waals surface area contributed by atoms with Crippen LogP contribution in [0.15, 0.2) is 36.5 Å². The van der Waals surface area contributed by atoms with Crippen LogP contribution < -0.4 is 5.32 Å². The average molecular weight is 901 g/mol. The van der Waals surface area contributed by atoms with Gasteiger partial charge in [-0.3, -0.25) is 9.59 Å². The number of hydrogen-bond acceptors (Lipinski definition) is 5. The number of nitrogens with one attached hydrogen (secondary N) is 1. The Bertz CT molecular complexity index is 1060. The fourth-order valence-electron chi connectivity index (χ4n) is 8.62. The van der Waals surface area contributed by atoms with Crippen molar-refractivity contribution in [1.82, 2.24) is 5.32 Å². The molecule has 0 aromatic rings. The summed E-state index contributed by atoms with van der Waals surface area (Å²) in [7, 11) is 0. The van der Waals surface area contributed by atoms with Crippen LogP contribution in [0.1, 0.15) is 297 Å². The second kappa shape index (κ2) is 52.1. The summed E-state index contributed by atoms with van der Waals surface area (Å²) in [5.74, 6) is -0.481. The van der Waals surface area contributed by atoms with Gasteiger partial charge in [0.1, 0.15) is 6.10 Å². The lowest BCUT2D eigenvalue weighted by Gasteiger charge is -2.24. The summed E-state index contributed by atoms with van der Waals surface area (Å²) in [6.07, 6.45) is 62.1. The van der Waals surface area contributed by atoms with Crippen LogP contribution in [0.2, 0.25) is 0 Å². The van der Waals surface area contributed by atoms with E-state index in [1.54, 1.807) is 0 Å². The van der Waals surface area contributed by atoms with E-state index in [-0.39, 0.29) is 24.9 Å². The third kappa shape index (κ3) is 46.6. The molecule has 0 aliphatic carbocycles. The first-order valence-corrected chi connectivity index (χ1v) is 28.2. The highest BCUT2D eigenvalue weighted by Gasteiger charge is 2.24. The van der Waals surface area contributed by atoms with E-state index in [4.69, 9.17) is 4.74 Å². The van der Waals surface area contributed by atoms with E-state index in [0.29, 0.717) is 19.3 Å². The standard InChI is InChI=1S/C58H109NO5/c1-4-7-10-13-16-19-22-24-26-28-30-32-35-37-40-43-46-49-54(64-58(63)51-48-45-42-39-34-21-18-15-12-9-6-3)52-57(62)59-55(53-60)56(61)50-47-44-41-38-36-33-31-29-27-25-23-20-17-14-11-8-5-2/h15-16,18-19,24,26,54-56,60-61H,4-14,17,20-23,25,27-53H2,1-3H3,(H,59,62)/b18-15-,19-16-,26-24-. The van der Waals surface area contributed by atoms with Crippen molar-refractivity contribution < 1.29 is 24.5 Å². The number of ether oxygens (including phenoxy) is 1. The van der Waals surface area contributed by atoms with Crippen molar-refractivity contribution in [1.29, 1.82) is 0 Å². The first-order valence-electron chi connectivity index (χ1n) is 28.2. The Balaban J connectivity index is 4.51. The smallest absolute Gasteiger partial charge is 0.306 e. The van der Waals surface area contributed by atoms with Crippen LogP contribution in [0, 0.1) is 0 Å². The summed E-state index contributed by atoms with van der Waals surface area (Å²) >= 11 is 0. The lowest BCUT2D eigenvalue weighted by molar-refractivity contribution is -0.151. The second-order valence-electron chi connectivity index (χ2n) is 19.3. The number of rotatable bonds is 51. The molecule has 0 heterocycles. The van der Waals surface area contributed by atoms with Gasteiger partial charge in [-0.2, -0.15) is 0 Å². The molecule has 6 heteroatoms. The van der Waals surface area contributed by atoms with Gasteiger partial charge in [-0.15, -0.1) is 0 Å². The first kappa shape index (κ1) is 62.1. The van der Waals surface area contributed by atoms with Crippen LogP contribution in [-0.4, -0.2) is 46.9 Å². The lowest BCUT2D eigenvalue weighted by atomic mass is 10.0. The highest BCUT2D eigenvalue weighted by molar-refractivity contribution is 5.77. The molecular weight excluding hydrogens is 791 g/mol. The number of carbonyl (C=O) groups excluding carboxylic acids is 2.